The Balaban J connectivity index is 1.92. The minimum absolute atomic E-state index is 0.678. The second kappa shape index (κ2) is 5.00. The summed E-state index contributed by atoms with van der Waals surface area (Å²) in [5, 5.41) is 5.24. The molecule has 0 amide bonds. The number of nitrogens with one attached hydrogen (secondary N) is 1. The smallest absolute Gasteiger partial charge is 0.181 e. The molecule has 1 N–H and O–H groups in total. The van der Waals surface area contributed by atoms with Gasteiger partial charge in [0.05, 0.1) is 11.4 Å². The minimum atomic E-state index is 0.678. The van der Waals surface area contributed by atoms with Gasteiger partial charge in [-0.25, -0.2) is 9.67 Å². The predicted molar refractivity (Wildman–Crippen MR) is 88.4 cm³/mol. The van der Waals surface area contributed by atoms with E-state index >= 15 is 0 Å². The maximum atomic E-state index is 6.08. The zero-order valence-electron chi connectivity index (χ0n) is 11.9. The summed E-state index contributed by atoms with van der Waals surface area (Å²) in [4.78, 5) is 8.07. The highest BCUT2D eigenvalue weighted by atomic mass is 35.5. The second-order valence-electron chi connectivity index (χ2n) is 5.13. The van der Waals surface area contributed by atoms with E-state index in [0.29, 0.717) is 5.02 Å². The average molecular weight is 309 g/mol. The van der Waals surface area contributed by atoms with Crippen LogP contribution in [0.4, 0.5) is 0 Å². The molecule has 108 valence electrons. The molecule has 0 aliphatic carbocycles. The van der Waals surface area contributed by atoms with Gasteiger partial charge in [-0.1, -0.05) is 48.0 Å². The van der Waals surface area contributed by atoms with Gasteiger partial charge in [-0.05, 0) is 25.1 Å². The summed E-state index contributed by atoms with van der Waals surface area (Å²) in [7, 11) is 0. The van der Waals surface area contributed by atoms with Crippen LogP contribution in [0.25, 0.3) is 28.2 Å². The van der Waals surface area contributed by atoms with Gasteiger partial charge < -0.3 is 4.98 Å². The molecule has 4 aromatic rings. The highest BCUT2D eigenvalue weighted by molar-refractivity contribution is 6.30. The summed E-state index contributed by atoms with van der Waals surface area (Å²) < 4.78 is 1.82. The summed E-state index contributed by atoms with van der Waals surface area (Å²) in [6, 6.07) is 17.7. The number of hydrogen-bond acceptors (Lipinski definition) is 2. The Bertz CT molecular complexity index is 953. The molecular formula is C17H13ClN4. The van der Waals surface area contributed by atoms with Gasteiger partial charge in [-0.2, -0.15) is 5.10 Å². The molecule has 4 rings (SSSR count). The molecule has 0 spiro atoms. The van der Waals surface area contributed by atoms with Crippen molar-refractivity contribution in [3.63, 3.8) is 0 Å². The molecule has 0 aliphatic rings. The van der Waals surface area contributed by atoms with Gasteiger partial charge in [0.25, 0.3) is 0 Å². The average Bonchev–Trinajstić information content (AvgIpc) is 3.09. The van der Waals surface area contributed by atoms with Crippen molar-refractivity contribution in [3.05, 3.63) is 65.3 Å². The highest BCUT2D eigenvalue weighted by Crippen LogP contribution is 2.25. The normalized spacial score (nSPS) is 11.2. The third kappa shape index (κ3) is 2.09. The summed E-state index contributed by atoms with van der Waals surface area (Å²) in [5.74, 6) is 0.840. The fraction of sp³-hybridized carbons (Fsp3) is 0.0588. The van der Waals surface area contributed by atoms with Crippen LogP contribution in [0.3, 0.4) is 0 Å². The fourth-order valence-corrected chi connectivity index (χ4v) is 2.72. The summed E-state index contributed by atoms with van der Waals surface area (Å²) in [5.41, 5.74) is 4.61. The van der Waals surface area contributed by atoms with E-state index in [1.54, 1.807) is 0 Å². The van der Waals surface area contributed by atoms with Crippen molar-refractivity contribution in [1.29, 1.82) is 0 Å². The lowest BCUT2D eigenvalue weighted by molar-refractivity contribution is 0.876. The third-order valence-corrected chi connectivity index (χ3v) is 3.83. The summed E-state index contributed by atoms with van der Waals surface area (Å²) in [6.45, 7) is 1.97. The molecule has 0 unspecified atom stereocenters. The number of fused-ring (bicyclic) bond motifs is 1. The maximum absolute atomic E-state index is 6.08. The fourth-order valence-electron chi connectivity index (χ4n) is 2.54. The first-order chi connectivity index (χ1) is 10.7. The highest BCUT2D eigenvalue weighted by Gasteiger charge is 2.15. The zero-order valence-corrected chi connectivity index (χ0v) is 12.7. The number of aromatic amines is 1. The van der Waals surface area contributed by atoms with E-state index in [1.165, 1.54) is 0 Å². The van der Waals surface area contributed by atoms with Crippen LogP contribution in [0, 0.1) is 6.92 Å². The van der Waals surface area contributed by atoms with Gasteiger partial charge in [-0.15, -0.1) is 0 Å². The zero-order chi connectivity index (χ0) is 15.1. The molecule has 22 heavy (non-hydrogen) atoms. The van der Waals surface area contributed by atoms with Crippen LogP contribution in [-0.4, -0.2) is 19.7 Å². The van der Waals surface area contributed by atoms with E-state index in [1.807, 2.05) is 66.2 Å². The number of nitrogens with zero attached hydrogens (tertiary/aromatic N) is 3. The molecule has 0 fully saturated rings. The number of imidazole rings is 1. The van der Waals surface area contributed by atoms with Crippen molar-refractivity contribution in [3.8, 4) is 17.1 Å². The van der Waals surface area contributed by atoms with Gasteiger partial charge in [0.15, 0.2) is 5.65 Å². The van der Waals surface area contributed by atoms with Gasteiger partial charge in [0.1, 0.15) is 11.3 Å². The Labute approximate surface area is 132 Å². The number of halogens is 1. The third-order valence-electron chi connectivity index (χ3n) is 3.60. The number of hydrogen-bond donors (Lipinski definition) is 1. The van der Waals surface area contributed by atoms with Crippen LogP contribution in [-0.2, 0) is 0 Å². The van der Waals surface area contributed by atoms with E-state index in [-0.39, 0.29) is 0 Å². The van der Waals surface area contributed by atoms with Gasteiger partial charge in [-0.3, -0.25) is 0 Å². The van der Waals surface area contributed by atoms with E-state index < -0.39 is 0 Å². The molecule has 0 saturated carbocycles. The van der Waals surface area contributed by atoms with Crippen molar-refractivity contribution < 1.29 is 0 Å². The number of rotatable bonds is 2. The van der Waals surface area contributed by atoms with Crippen LogP contribution in [0.5, 0.6) is 0 Å². The quantitative estimate of drug-likeness (QED) is 0.597. The van der Waals surface area contributed by atoms with Gasteiger partial charge >= 0.3 is 0 Å². The molecular weight excluding hydrogens is 296 g/mol. The Hall–Kier alpha value is -2.59. The maximum Gasteiger partial charge on any atom is 0.181 e. The second-order valence-corrected chi connectivity index (χ2v) is 5.56. The molecule has 0 radical (unpaired) electrons. The van der Waals surface area contributed by atoms with E-state index in [0.717, 1.165) is 33.9 Å². The van der Waals surface area contributed by atoms with E-state index in [2.05, 4.69) is 10.1 Å². The van der Waals surface area contributed by atoms with Crippen LogP contribution < -0.4 is 0 Å². The standard InChI is InChI=1S/C17H13ClN4/c1-11-15-17(20-16(19-15)12-6-3-2-4-7-12)22(21-11)14-9-5-8-13(18)10-14/h2-10H,1H3,(H,19,20). The van der Waals surface area contributed by atoms with Crippen LogP contribution >= 0.6 is 11.6 Å². The SMILES string of the molecule is Cc1nn(-c2cccc(Cl)c2)c2nc(-c3ccccc3)[nH]c12. The Morgan fingerprint density at radius 3 is 2.64 bits per heavy atom. The van der Waals surface area contributed by atoms with Crippen LogP contribution in [0.1, 0.15) is 5.69 Å². The molecule has 0 bridgehead atoms. The molecule has 2 heterocycles. The van der Waals surface area contributed by atoms with E-state index in [4.69, 9.17) is 16.6 Å². The molecule has 0 aliphatic heterocycles. The number of aryl methyl sites for hydroxylation is 1. The molecule has 5 heteroatoms. The first-order valence-electron chi connectivity index (χ1n) is 6.99. The van der Waals surface area contributed by atoms with Crippen molar-refractivity contribution >= 4 is 22.8 Å². The lowest BCUT2D eigenvalue weighted by Crippen LogP contribution is -1.97. The van der Waals surface area contributed by atoms with Crippen molar-refractivity contribution in [1.82, 2.24) is 19.7 Å². The Kier molecular flexibility index (Phi) is 2.98. The van der Waals surface area contributed by atoms with Crippen LogP contribution in [0.2, 0.25) is 5.02 Å². The van der Waals surface area contributed by atoms with Crippen molar-refractivity contribution in [2.75, 3.05) is 0 Å². The van der Waals surface area contributed by atoms with Crippen LogP contribution in [0.15, 0.2) is 54.6 Å². The topological polar surface area (TPSA) is 46.5 Å². The van der Waals surface area contributed by atoms with Gasteiger partial charge in [0, 0.05) is 10.6 Å². The van der Waals surface area contributed by atoms with E-state index in [9.17, 15) is 0 Å². The minimum Gasteiger partial charge on any atom is -0.335 e. The lowest BCUT2D eigenvalue weighted by Gasteiger charge is -2.02. The van der Waals surface area contributed by atoms with Crippen molar-refractivity contribution in [2.45, 2.75) is 6.92 Å². The molecule has 0 atom stereocenters. The first-order valence-corrected chi connectivity index (χ1v) is 7.37. The Morgan fingerprint density at radius 2 is 1.86 bits per heavy atom. The number of aromatic nitrogens is 4. The summed E-state index contributed by atoms with van der Waals surface area (Å²) >= 11 is 6.08. The summed E-state index contributed by atoms with van der Waals surface area (Å²) in [6.07, 6.45) is 0. The van der Waals surface area contributed by atoms with Crippen molar-refractivity contribution in [2.24, 2.45) is 0 Å². The first kappa shape index (κ1) is 13.1. The molecule has 2 aromatic heterocycles. The monoisotopic (exact) mass is 308 g/mol. The molecule has 4 nitrogen and oxygen atoms in total. The Morgan fingerprint density at radius 1 is 1.05 bits per heavy atom. The molecule has 2 aromatic carbocycles. The van der Waals surface area contributed by atoms with Gasteiger partial charge in [0.2, 0.25) is 0 Å². The largest absolute Gasteiger partial charge is 0.335 e. The lowest BCUT2D eigenvalue weighted by atomic mass is 10.2. The molecule has 0 saturated heterocycles. The predicted octanol–water partition coefficient (Wildman–Crippen LogP) is 4.38. The number of benzene rings is 2. The number of H-pyrrole nitrogens is 1.